The van der Waals surface area contributed by atoms with E-state index in [2.05, 4.69) is 4.98 Å². The summed E-state index contributed by atoms with van der Waals surface area (Å²) in [5.41, 5.74) is 4.79. The molecule has 1 aromatic heterocycles. The molecule has 2 aromatic rings. The van der Waals surface area contributed by atoms with E-state index in [9.17, 15) is 14.4 Å². The smallest absolute Gasteiger partial charge is 0.264 e. The Kier molecular flexibility index (Phi) is 1.99. The molecule has 1 fully saturated rings. The predicted octanol–water partition coefficient (Wildman–Crippen LogP) is 1.15. The van der Waals surface area contributed by atoms with Crippen molar-refractivity contribution >= 4 is 28.2 Å². The van der Waals surface area contributed by atoms with Gasteiger partial charge in [0.15, 0.2) is 5.78 Å². The van der Waals surface area contributed by atoms with E-state index >= 15 is 0 Å². The maximum Gasteiger partial charge on any atom is 0.264 e. The number of nitrogens with two attached hydrogens (primary N) is 1. The van der Waals surface area contributed by atoms with Crippen molar-refractivity contribution in [2.75, 3.05) is 5.73 Å². The van der Waals surface area contributed by atoms with Crippen LogP contribution in [0.4, 0.5) is 5.69 Å². The first kappa shape index (κ1) is 8.71. The molecule has 1 atom stereocenters. The van der Waals surface area contributed by atoms with Gasteiger partial charge in [-0.2, -0.15) is 0 Å². The number of Topliss-reactive ketones (excluding diaryl/α,β-unsaturated/α-hetero) is 2. The Morgan fingerprint density at radius 3 is 3.10 bits per heavy atom. The van der Waals surface area contributed by atoms with E-state index < -0.39 is 49.3 Å². The van der Waals surface area contributed by atoms with Crippen LogP contribution in [0.25, 0.3) is 10.9 Å². The molecule has 1 heterocycles. The highest BCUT2D eigenvalue weighted by Crippen LogP contribution is 2.24. The van der Waals surface area contributed by atoms with Gasteiger partial charge in [0.1, 0.15) is 11.6 Å². The van der Waals surface area contributed by atoms with Gasteiger partial charge in [-0.15, -0.1) is 0 Å². The highest BCUT2D eigenvalue weighted by molar-refractivity contribution is 6.03. The number of hydrogen-bond acceptors (Lipinski definition) is 5. The second kappa shape index (κ2) is 4.80. The lowest BCUT2D eigenvalue weighted by Crippen LogP contribution is -2.36. The molecule has 1 aliphatic rings. The maximum atomic E-state index is 13.0. The van der Waals surface area contributed by atoms with Crippen LogP contribution in [-0.4, -0.2) is 21.1 Å². The monoisotopic (exact) mass is 290 g/mol. The van der Waals surface area contributed by atoms with Gasteiger partial charge >= 0.3 is 0 Å². The highest BCUT2D eigenvalue weighted by atomic mass is 16.2. The minimum Gasteiger partial charge on any atom is -0.398 e. The third kappa shape index (κ3) is 2.12. The van der Waals surface area contributed by atoms with Gasteiger partial charge in [0.2, 0.25) is 0 Å². The fraction of sp³-hybridized carbons (Fsp3) is 0.333. The van der Waals surface area contributed by atoms with Crippen LogP contribution < -0.4 is 11.3 Å². The molecule has 1 aromatic carbocycles. The third-order valence-corrected chi connectivity index (χ3v) is 3.41. The second-order valence-corrected chi connectivity index (χ2v) is 4.76. The minimum absolute atomic E-state index is 0.0916. The Morgan fingerprint density at radius 1 is 1.52 bits per heavy atom. The predicted molar refractivity (Wildman–Crippen MR) is 78.1 cm³/mol. The van der Waals surface area contributed by atoms with Crippen molar-refractivity contribution in [2.24, 2.45) is 0 Å². The van der Waals surface area contributed by atoms with Crippen molar-refractivity contribution in [3.05, 3.63) is 34.3 Å². The van der Waals surface area contributed by atoms with Crippen LogP contribution in [0.3, 0.4) is 0 Å². The number of carbonyl (C=O) groups is 2. The van der Waals surface area contributed by atoms with Crippen LogP contribution in [-0.2, 0) is 9.59 Å². The lowest BCUT2D eigenvalue weighted by atomic mass is 9.92. The zero-order valence-electron chi connectivity index (χ0n) is 16.0. The number of anilines is 1. The fourth-order valence-electron chi connectivity index (χ4n) is 2.40. The average Bonchev–Trinajstić information content (AvgIpc) is 2.55. The van der Waals surface area contributed by atoms with Gasteiger partial charge in [-0.1, -0.05) is 6.04 Å². The summed E-state index contributed by atoms with van der Waals surface area (Å²) >= 11 is 0. The SMILES string of the molecule is [2H]Cc1nc2c([2H])c([2H])cc(N)c2c(=O)n1C1CC([2H])([2H])C(=O)CC1=O. The number of nitrogen functional groups attached to an aromatic ring is 1. The molecule has 1 unspecified atom stereocenters. The van der Waals surface area contributed by atoms with Gasteiger partial charge in [-0.3, -0.25) is 19.0 Å². The zero-order valence-corrected chi connectivity index (χ0v) is 11.0. The number of nitrogens with zero attached hydrogens (tertiary/aromatic N) is 2. The summed E-state index contributed by atoms with van der Waals surface area (Å²) in [5, 5.41) is -0.159. The summed E-state index contributed by atoms with van der Waals surface area (Å²) in [7, 11) is 0. The van der Waals surface area contributed by atoms with E-state index in [1.165, 1.54) is 0 Å². The van der Waals surface area contributed by atoms with E-state index in [1.54, 1.807) is 0 Å². The molecule has 0 bridgehead atoms. The summed E-state index contributed by atoms with van der Waals surface area (Å²) in [5.74, 6) is -1.63. The van der Waals surface area contributed by atoms with Crippen LogP contribution in [0.15, 0.2) is 22.9 Å². The molecule has 0 saturated heterocycles. The summed E-state index contributed by atoms with van der Waals surface area (Å²) in [6.07, 6.45) is -3.46. The van der Waals surface area contributed by atoms with E-state index in [4.69, 9.17) is 12.6 Å². The van der Waals surface area contributed by atoms with Crippen LogP contribution in [0.5, 0.6) is 0 Å². The quantitative estimate of drug-likeness (QED) is 0.628. The number of fused-ring (bicyclic) bond motifs is 1. The van der Waals surface area contributed by atoms with Gasteiger partial charge in [-0.05, 0) is 25.4 Å². The van der Waals surface area contributed by atoms with Crippen molar-refractivity contribution in [1.82, 2.24) is 9.55 Å². The van der Waals surface area contributed by atoms with Crippen molar-refractivity contribution in [3.8, 4) is 0 Å². The summed E-state index contributed by atoms with van der Waals surface area (Å²) in [4.78, 5) is 41.1. The lowest BCUT2D eigenvalue weighted by molar-refractivity contribution is -0.132. The molecule has 21 heavy (non-hydrogen) atoms. The van der Waals surface area contributed by atoms with E-state index in [-0.39, 0.29) is 34.5 Å². The number of aryl methyl sites for hydroxylation is 1. The zero-order chi connectivity index (χ0) is 19.4. The van der Waals surface area contributed by atoms with Gasteiger partial charge in [0, 0.05) is 16.2 Å². The molecule has 6 nitrogen and oxygen atoms in total. The lowest BCUT2D eigenvalue weighted by Gasteiger charge is -2.24. The number of benzene rings is 1. The van der Waals surface area contributed by atoms with Crippen molar-refractivity contribution in [2.45, 2.75) is 32.2 Å². The molecule has 0 spiro atoms. The molecule has 2 N–H and O–H groups in total. The Hall–Kier alpha value is -2.50. The second-order valence-electron chi connectivity index (χ2n) is 4.76. The molecular formula is C15H15N3O3. The number of carbonyl (C=O) groups excluding carboxylic acids is 2. The number of ketones is 2. The van der Waals surface area contributed by atoms with E-state index in [0.717, 1.165) is 10.6 Å². The first-order valence-electron chi connectivity index (χ1n) is 8.95. The average molecular weight is 290 g/mol. The third-order valence-electron chi connectivity index (χ3n) is 3.41. The Labute approximate surface area is 127 Å². The van der Waals surface area contributed by atoms with Gasteiger partial charge in [0.05, 0.1) is 26.1 Å². The molecule has 1 saturated carbocycles. The van der Waals surface area contributed by atoms with Crippen molar-refractivity contribution < 1.29 is 16.4 Å². The number of hydrogen-bond donors (Lipinski definition) is 1. The molecule has 0 radical (unpaired) electrons. The molecule has 1 aliphatic carbocycles. The Balaban J connectivity index is 2.33. The van der Waals surface area contributed by atoms with Gasteiger partial charge < -0.3 is 5.73 Å². The van der Waals surface area contributed by atoms with E-state index in [0.29, 0.717) is 0 Å². The number of aromatic nitrogens is 2. The van der Waals surface area contributed by atoms with Crippen LogP contribution >= 0.6 is 0 Å². The number of rotatable bonds is 1. The maximum absolute atomic E-state index is 13.0. The largest absolute Gasteiger partial charge is 0.398 e. The van der Waals surface area contributed by atoms with E-state index in [1.807, 2.05) is 0 Å². The van der Waals surface area contributed by atoms with Crippen LogP contribution in [0.2, 0.25) is 0 Å². The molecule has 3 rings (SSSR count). The summed E-state index contributed by atoms with van der Waals surface area (Å²) in [6, 6.07) is -0.708. The van der Waals surface area contributed by atoms with Gasteiger partial charge in [0.25, 0.3) is 5.56 Å². The minimum atomic E-state index is -2.27. The summed E-state index contributed by atoms with van der Waals surface area (Å²) in [6.45, 7) is -0.506. The summed E-state index contributed by atoms with van der Waals surface area (Å²) < 4.78 is 39.7. The molecule has 108 valence electrons. The topological polar surface area (TPSA) is 95.0 Å². The molecule has 6 heteroatoms. The standard InChI is InChI=1S/C15H15N3O3/c1-8-17-11-4-2-3-10(16)14(11)15(21)18(8)12-6-5-9(19)7-13(12)20/h2-4,12H,5-7,16H2,1H3/i1D,2D,4D,5D2. The van der Waals surface area contributed by atoms with Crippen LogP contribution in [0.1, 0.15) is 37.9 Å². The fourth-order valence-corrected chi connectivity index (χ4v) is 2.40. The molecule has 0 aliphatic heterocycles. The normalized spacial score (nSPS) is 25.0. The van der Waals surface area contributed by atoms with Crippen LogP contribution in [0, 0.1) is 6.90 Å². The van der Waals surface area contributed by atoms with Gasteiger partial charge in [-0.25, -0.2) is 4.98 Å². The highest BCUT2D eigenvalue weighted by Gasteiger charge is 2.30. The molecular weight excluding hydrogens is 270 g/mol. The Bertz CT molecular complexity index is 1020. The first-order valence-corrected chi connectivity index (χ1v) is 6.24. The first-order chi connectivity index (χ1) is 12.1. The van der Waals surface area contributed by atoms with Crippen molar-refractivity contribution in [3.63, 3.8) is 0 Å². The molecule has 0 amide bonds. The van der Waals surface area contributed by atoms with Crippen molar-refractivity contribution in [1.29, 1.82) is 0 Å². The Morgan fingerprint density at radius 2 is 2.33 bits per heavy atom.